The summed E-state index contributed by atoms with van der Waals surface area (Å²) in [6, 6.07) is 0. The van der Waals surface area contributed by atoms with Crippen molar-refractivity contribution in [3.8, 4) is 0 Å². The summed E-state index contributed by atoms with van der Waals surface area (Å²) in [5.41, 5.74) is 0. The van der Waals surface area contributed by atoms with E-state index in [1.54, 1.807) is 7.05 Å². The van der Waals surface area contributed by atoms with Gasteiger partial charge in [-0.3, -0.25) is 24.3 Å². The lowest BCUT2D eigenvalue weighted by Crippen LogP contribution is -2.43. The summed E-state index contributed by atoms with van der Waals surface area (Å²) in [4.78, 5) is 42.0. The van der Waals surface area contributed by atoms with E-state index in [0.29, 0.717) is 25.5 Å². The average Bonchev–Trinajstić information content (AvgIpc) is 3.40. The molecule has 9 heteroatoms. The number of carbonyl (C=O) groups excluding carboxylic acids is 3. The number of nitrogens with zero attached hydrogens (tertiary/aromatic N) is 2. The lowest BCUT2D eigenvalue weighted by Gasteiger charge is -2.18. The third-order valence-corrected chi connectivity index (χ3v) is 6.24. The molecule has 8 nitrogen and oxygen atoms in total. The van der Waals surface area contributed by atoms with E-state index in [0.717, 1.165) is 38.6 Å². The number of halogens is 1. The number of esters is 1. The Morgan fingerprint density at radius 2 is 1.67 bits per heavy atom. The van der Waals surface area contributed by atoms with Crippen molar-refractivity contribution in [2.75, 3.05) is 33.8 Å². The first-order chi connectivity index (χ1) is 14.1. The minimum Gasteiger partial charge on any atom is -0.469 e. The van der Waals surface area contributed by atoms with Crippen molar-refractivity contribution in [2.24, 2.45) is 28.7 Å². The molecule has 0 aromatic heterocycles. The number of methoxy groups -OCH3 is 1. The number of carbonyl (C=O) groups is 3. The van der Waals surface area contributed by atoms with Crippen LogP contribution < -0.4 is 10.6 Å². The third-order valence-electron chi connectivity index (χ3n) is 6.24. The minimum absolute atomic E-state index is 0. The Morgan fingerprint density at radius 3 is 2.27 bits per heavy atom. The van der Waals surface area contributed by atoms with Crippen LogP contribution >= 0.6 is 24.0 Å². The number of hydrogen-bond donors (Lipinski definition) is 2. The van der Waals surface area contributed by atoms with Crippen LogP contribution in [0.3, 0.4) is 0 Å². The van der Waals surface area contributed by atoms with Gasteiger partial charge in [0.05, 0.1) is 18.9 Å². The molecule has 3 rings (SSSR count). The predicted molar refractivity (Wildman–Crippen MR) is 124 cm³/mol. The summed E-state index contributed by atoms with van der Waals surface area (Å²) in [6.45, 7) is 1.63. The lowest BCUT2D eigenvalue weighted by atomic mass is 9.85. The van der Waals surface area contributed by atoms with Crippen molar-refractivity contribution in [3.63, 3.8) is 0 Å². The molecule has 1 heterocycles. The number of aliphatic imine (C=N–C) groups is 1. The lowest BCUT2D eigenvalue weighted by molar-refractivity contribution is -0.141. The summed E-state index contributed by atoms with van der Waals surface area (Å²) < 4.78 is 4.62. The standard InChI is InChI=1S/C21H32N4O4.HI/c1-22-21(23-10-6-4-3-5-7-16(26)29-2)24-11-12-25-19(27)17-14-8-9-15(13-14)18(17)20(25)28;/h8-9,14-15,17-18H,3-7,10-13H2,1-2H3,(H2,22,23,24);1H. The first-order valence-corrected chi connectivity index (χ1v) is 10.6. The number of unbranched alkanes of at least 4 members (excludes halogenated alkanes) is 3. The molecule has 1 saturated carbocycles. The Hall–Kier alpha value is -1.65. The molecule has 2 amide bonds. The zero-order valence-corrected chi connectivity index (χ0v) is 20.1. The number of allylic oxidation sites excluding steroid dienone is 2. The number of guanidine groups is 1. The second-order valence-corrected chi connectivity index (χ2v) is 7.99. The van der Waals surface area contributed by atoms with Gasteiger partial charge in [0.15, 0.2) is 5.96 Å². The fourth-order valence-electron chi connectivity index (χ4n) is 4.75. The second-order valence-electron chi connectivity index (χ2n) is 7.99. The maximum atomic E-state index is 12.7. The molecular formula is C21H33IN4O4. The molecule has 2 aliphatic carbocycles. The van der Waals surface area contributed by atoms with Crippen LogP contribution in [-0.4, -0.2) is 62.4 Å². The van der Waals surface area contributed by atoms with E-state index >= 15 is 0 Å². The minimum atomic E-state index is -0.157. The smallest absolute Gasteiger partial charge is 0.305 e. The van der Waals surface area contributed by atoms with Crippen molar-refractivity contribution >= 4 is 47.7 Å². The number of hydrogen-bond acceptors (Lipinski definition) is 5. The normalized spacial score (nSPS) is 26.6. The monoisotopic (exact) mass is 532 g/mol. The Morgan fingerprint density at radius 1 is 1.07 bits per heavy atom. The summed E-state index contributed by atoms with van der Waals surface area (Å²) in [6.07, 6.45) is 9.48. The van der Waals surface area contributed by atoms with Gasteiger partial charge in [-0.15, -0.1) is 24.0 Å². The highest BCUT2D eigenvalue weighted by Crippen LogP contribution is 2.52. The van der Waals surface area contributed by atoms with E-state index in [1.165, 1.54) is 12.0 Å². The summed E-state index contributed by atoms with van der Waals surface area (Å²) >= 11 is 0. The number of likely N-dealkylation sites (tertiary alicyclic amines) is 1. The van der Waals surface area contributed by atoms with E-state index in [2.05, 4.69) is 32.5 Å². The molecule has 0 spiro atoms. The molecule has 2 bridgehead atoms. The molecule has 2 N–H and O–H groups in total. The number of fused-ring (bicyclic) bond motifs is 5. The molecule has 30 heavy (non-hydrogen) atoms. The molecule has 3 aliphatic rings. The molecule has 4 unspecified atom stereocenters. The fraction of sp³-hybridized carbons (Fsp3) is 0.714. The zero-order valence-electron chi connectivity index (χ0n) is 17.8. The summed E-state index contributed by atoms with van der Waals surface area (Å²) in [5.74, 6) is 0.740. The van der Waals surface area contributed by atoms with Gasteiger partial charge in [0.1, 0.15) is 0 Å². The first-order valence-electron chi connectivity index (χ1n) is 10.6. The molecule has 2 fully saturated rings. The van der Waals surface area contributed by atoms with Crippen LogP contribution in [0.25, 0.3) is 0 Å². The number of ether oxygens (including phenoxy) is 1. The molecule has 1 aliphatic heterocycles. The van der Waals surface area contributed by atoms with Gasteiger partial charge in [0.2, 0.25) is 11.8 Å². The van der Waals surface area contributed by atoms with Crippen LogP contribution in [0, 0.1) is 23.7 Å². The third kappa shape index (κ3) is 5.53. The zero-order chi connectivity index (χ0) is 20.8. The van der Waals surface area contributed by atoms with Crippen LogP contribution in [0.2, 0.25) is 0 Å². The van der Waals surface area contributed by atoms with Crippen molar-refractivity contribution in [3.05, 3.63) is 12.2 Å². The van der Waals surface area contributed by atoms with E-state index in [9.17, 15) is 14.4 Å². The fourth-order valence-corrected chi connectivity index (χ4v) is 4.75. The number of amides is 2. The Balaban J connectivity index is 0.00000320. The van der Waals surface area contributed by atoms with Crippen molar-refractivity contribution in [2.45, 2.75) is 38.5 Å². The maximum Gasteiger partial charge on any atom is 0.305 e. The van der Waals surface area contributed by atoms with E-state index in [4.69, 9.17) is 0 Å². The predicted octanol–water partition coefficient (Wildman–Crippen LogP) is 1.70. The first kappa shape index (κ1) is 24.6. The van der Waals surface area contributed by atoms with E-state index < -0.39 is 0 Å². The van der Waals surface area contributed by atoms with Crippen LogP contribution in [0.4, 0.5) is 0 Å². The van der Waals surface area contributed by atoms with Crippen LogP contribution in [-0.2, 0) is 19.1 Å². The molecule has 1 saturated heterocycles. The van der Waals surface area contributed by atoms with E-state index in [-0.39, 0.29) is 65.4 Å². The molecule has 0 radical (unpaired) electrons. The second kappa shape index (κ2) is 11.7. The van der Waals surface area contributed by atoms with Crippen LogP contribution in [0.1, 0.15) is 38.5 Å². The number of rotatable bonds is 10. The highest BCUT2D eigenvalue weighted by atomic mass is 127. The van der Waals surface area contributed by atoms with Gasteiger partial charge < -0.3 is 15.4 Å². The Kier molecular flexibility index (Phi) is 9.57. The highest BCUT2D eigenvalue weighted by molar-refractivity contribution is 14.0. The largest absolute Gasteiger partial charge is 0.469 e. The molecule has 168 valence electrons. The average molecular weight is 532 g/mol. The van der Waals surface area contributed by atoms with Gasteiger partial charge in [-0.25, -0.2) is 0 Å². The number of nitrogens with one attached hydrogen (secondary N) is 2. The molecule has 0 aromatic rings. The van der Waals surface area contributed by atoms with Crippen LogP contribution in [0.5, 0.6) is 0 Å². The van der Waals surface area contributed by atoms with Crippen molar-refractivity contribution in [1.29, 1.82) is 0 Å². The quantitative estimate of drug-likeness (QED) is 0.0846. The van der Waals surface area contributed by atoms with Crippen LogP contribution in [0.15, 0.2) is 17.1 Å². The Bertz CT molecular complexity index is 666. The van der Waals surface area contributed by atoms with Gasteiger partial charge >= 0.3 is 5.97 Å². The van der Waals surface area contributed by atoms with Crippen molar-refractivity contribution < 1.29 is 19.1 Å². The van der Waals surface area contributed by atoms with E-state index in [1.807, 2.05) is 0 Å². The van der Waals surface area contributed by atoms with Gasteiger partial charge in [-0.2, -0.15) is 0 Å². The van der Waals surface area contributed by atoms with Gasteiger partial charge in [0, 0.05) is 33.1 Å². The van der Waals surface area contributed by atoms with Gasteiger partial charge in [-0.05, 0) is 31.1 Å². The number of imide groups is 1. The topological polar surface area (TPSA) is 100 Å². The molecule has 4 atom stereocenters. The molecule has 0 aromatic carbocycles. The summed E-state index contributed by atoms with van der Waals surface area (Å²) in [5, 5.41) is 6.42. The maximum absolute atomic E-state index is 12.7. The Labute approximate surface area is 195 Å². The van der Waals surface area contributed by atoms with Crippen molar-refractivity contribution in [1.82, 2.24) is 15.5 Å². The highest BCUT2D eigenvalue weighted by Gasteiger charge is 2.58. The van der Waals surface area contributed by atoms with Gasteiger partial charge in [-0.1, -0.05) is 25.0 Å². The molecular weight excluding hydrogens is 499 g/mol. The van der Waals surface area contributed by atoms with Gasteiger partial charge in [0.25, 0.3) is 0 Å². The summed E-state index contributed by atoms with van der Waals surface area (Å²) in [7, 11) is 3.11. The SMILES string of the molecule is CN=C(NCCCCCCC(=O)OC)NCCN1C(=O)C2C3C=CC(C3)C2C1=O.I.